The SMILES string of the molecule is COC(=O)c1ccc(S(=O)(=O)NCCSc2nnc(-c3ccc(S(=O)(=O)N4CCOCC4)cc3)o2)cc1. The second-order valence-corrected chi connectivity index (χ2v) is 12.4. The first-order chi connectivity index (χ1) is 17.7. The lowest BCUT2D eigenvalue weighted by atomic mass is 10.2. The van der Waals surface area contributed by atoms with E-state index < -0.39 is 26.0 Å². The Morgan fingerprint density at radius 3 is 2.30 bits per heavy atom. The Kier molecular flexibility index (Phi) is 8.61. The zero-order valence-corrected chi connectivity index (χ0v) is 22.1. The molecule has 15 heteroatoms. The highest BCUT2D eigenvalue weighted by Crippen LogP contribution is 2.25. The van der Waals surface area contributed by atoms with E-state index in [1.807, 2.05) is 0 Å². The van der Waals surface area contributed by atoms with E-state index in [0.29, 0.717) is 37.6 Å². The Balaban J connectivity index is 1.30. The quantitative estimate of drug-likeness (QED) is 0.215. The molecule has 1 aliphatic heterocycles. The summed E-state index contributed by atoms with van der Waals surface area (Å²) >= 11 is 1.16. The molecule has 0 atom stereocenters. The number of nitrogens with one attached hydrogen (secondary N) is 1. The molecule has 4 rings (SSSR count). The Morgan fingerprint density at radius 2 is 1.65 bits per heavy atom. The first kappa shape index (κ1) is 27.2. The molecular formula is C22H24N4O8S3. The summed E-state index contributed by atoms with van der Waals surface area (Å²) in [5, 5.41) is 8.17. The summed E-state index contributed by atoms with van der Waals surface area (Å²) < 4.78 is 69.7. The van der Waals surface area contributed by atoms with Gasteiger partial charge in [-0.05, 0) is 48.5 Å². The van der Waals surface area contributed by atoms with Gasteiger partial charge in [0.15, 0.2) is 0 Å². The number of methoxy groups -OCH3 is 1. The number of nitrogens with zero attached hydrogens (tertiary/aromatic N) is 3. The fourth-order valence-corrected chi connectivity index (χ4v) is 6.56. The first-order valence-electron chi connectivity index (χ1n) is 11.0. The van der Waals surface area contributed by atoms with Crippen molar-refractivity contribution in [2.45, 2.75) is 15.0 Å². The second-order valence-electron chi connectivity index (χ2n) is 7.68. The van der Waals surface area contributed by atoms with Crippen molar-refractivity contribution in [1.82, 2.24) is 19.2 Å². The zero-order valence-electron chi connectivity index (χ0n) is 19.7. The smallest absolute Gasteiger partial charge is 0.337 e. The van der Waals surface area contributed by atoms with Gasteiger partial charge in [0.05, 0.1) is 35.7 Å². The molecule has 1 saturated heterocycles. The van der Waals surface area contributed by atoms with Crippen molar-refractivity contribution in [2.24, 2.45) is 0 Å². The third-order valence-electron chi connectivity index (χ3n) is 5.32. The van der Waals surface area contributed by atoms with Crippen molar-refractivity contribution < 1.29 is 35.5 Å². The highest BCUT2D eigenvalue weighted by molar-refractivity contribution is 7.99. The molecule has 0 saturated carbocycles. The molecule has 0 aliphatic carbocycles. The van der Waals surface area contributed by atoms with Crippen LogP contribution in [0.4, 0.5) is 0 Å². The number of hydrogen-bond donors (Lipinski definition) is 1. The number of carbonyl (C=O) groups excluding carboxylic acids is 1. The Labute approximate surface area is 218 Å². The molecule has 37 heavy (non-hydrogen) atoms. The average Bonchev–Trinajstić information content (AvgIpc) is 3.40. The number of ether oxygens (including phenoxy) is 2. The Bertz CT molecular complexity index is 1430. The number of esters is 1. The second kappa shape index (κ2) is 11.7. The maximum Gasteiger partial charge on any atom is 0.337 e. The van der Waals surface area contributed by atoms with E-state index >= 15 is 0 Å². The molecule has 1 aromatic heterocycles. The molecule has 2 heterocycles. The molecule has 0 amide bonds. The van der Waals surface area contributed by atoms with Crippen LogP contribution in [0.5, 0.6) is 0 Å². The molecule has 2 aromatic carbocycles. The number of thioether (sulfide) groups is 1. The summed E-state index contributed by atoms with van der Waals surface area (Å²) in [7, 11) is -6.13. The lowest BCUT2D eigenvalue weighted by Gasteiger charge is -2.26. The van der Waals surface area contributed by atoms with E-state index in [1.165, 1.54) is 47.8 Å². The standard InChI is InChI=1S/C22H24N4O8S3/c1-32-21(27)17-4-6-18(7-5-17)36(28,29)23-10-15-35-22-25-24-20(34-22)16-2-8-19(9-3-16)37(30,31)26-11-13-33-14-12-26/h2-9,23H,10-15H2,1H3. The molecule has 12 nitrogen and oxygen atoms in total. The van der Waals surface area contributed by atoms with Crippen LogP contribution in [0.15, 0.2) is 68.0 Å². The molecule has 0 bridgehead atoms. The van der Waals surface area contributed by atoms with E-state index in [-0.39, 0.29) is 33.0 Å². The third-order valence-corrected chi connectivity index (χ3v) is 9.53. The normalized spacial score (nSPS) is 14.9. The molecule has 1 N–H and O–H groups in total. The third kappa shape index (κ3) is 6.55. The highest BCUT2D eigenvalue weighted by atomic mass is 32.2. The van der Waals surface area contributed by atoms with Crippen LogP contribution in [0.1, 0.15) is 10.4 Å². The number of carbonyl (C=O) groups is 1. The highest BCUT2D eigenvalue weighted by Gasteiger charge is 2.26. The van der Waals surface area contributed by atoms with Gasteiger partial charge in [0.2, 0.25) is 25.9 Å². The zero-order chi connectivity index (χ0) is 26.5. The van der Waals surface area contributed by atoms with Crippen molar-refractivity contribution in [3.8, 4) is 11.5 Å². The summed E-state index contributed by atoms with van der Waals surface area (Å²) in [5.41, 5.74) is 0.800. The topological polar surface area (TPSA) is 158 Å². The number of hydrogen-bond acceptors (Lipinski definition) is 11. The van der Waals surface area contributed by atoms with Gasteiger partial charge in [-0.15, -0.1) is 10.2 Å². The van der Waals surface area contributed by atoms with Crippen molar-refractivity contribution in [1.29, 1.82) is 0 Å². The molecule has 0 radical (unpaired) electrons. The minimum absolute atomic E-state index is 0.0179. The average molecular weight is 569 g/mol. The predicted molar refractivity (Wildman–Crippen MR) is 133 cm³/mol. The van der Waals surface area contributed by atoms with Crippen LogP contribution >= 0.6 is 11.8 Å². The van der Waals surface area contributed by atoms with Gasteiger partial charge in [0, 0.05) is 31.0 Å². The Hall–Kier alpha value is -2.82. The molecule has 0 unspecified atom stereocenters. The molecule has 198 valence electrons. The number of sulfonamides is 2. The van der Waals surface area contributed by atoms with Crippen LogP contribution in [0.25, 0.3) is 11.5 Å². The lowest BCUT2D eigenvalue weighted by molar-refractivity contribution is 0.0600. The van der Waals surface area contributed by atoms with Gasteiger partial charge in [-0.3, -0.25) is 0 Å². The lowest BCUT2D eigenvalue weighted by Crippen LogP contribution is -2.40. The van der Waals surface area contributed by atoms with Crippen LogP contribution in [-0.2, 0) is 29.5 Å². The van der Waals surface area contributed by atoms with Crippen LogP contribution in [0.2, 0.25) is 0 Å². The largest absolute Gasteiger partial charge is 0.465 e. The summed E-state index contributed by atoms with van der Waals surface area (Å²) in [6.45, 7) is 1.45. The van der Waals surface area contributed by atoms with Crippen molar-refractivity contribution >= 4 is 37.8 Å². The molecular weight excluding hydrogens is 544 g/mol. The Morgan fingerprint density at radius 1 is 1.00 bits per heavy atom. The fourth-order valence-electron chi connectivity index (χ4n) is 3.38. The number of aromatic nitrogens is 2. The molecule has 1 aliphatic rings. The summed E-state index contributed by atoms with van der Waals surface area (Å²) in [4.78, 5) is 11.7. The van der Waals surface area contributed by atoms with E-state index in [9.17, 15) is 21.6 Å². The minimum atomic E-state index is -3.77. The van der Waals surface area contributed by atoms with E-state index in [2.05, 4.69) is 19.7 Å². The van der Waals surface area contributed by atoms with Crippen LogP contribution in [-0.4, -0.2) is 83.0 Å². The number of benzene rings is 2. The van der Waals surface area contributed by atoms with Crippen LogP contribution in [0, 0.1) is 0 Å². The monoisotopic (exact) mass is 568 g/mol. The first-order valence-corrected chi connectivity index (χ1v) is 14.9. The summed E-state index contributed by atoms with van der Waals surface area (Å²) in [6.07, 6.45) is 0. The molecule has 3 aromatic rings. The fraction of sp³-hybridized carbons (Fsp3) is 0.318. The van der Waals surface area contributed by atoms with Crippen LogP contribution in [0.3, 0.4) is 0 Å². The molecule has 1 fully saturated rings. The summed E-state index contributed by atoms with van der Waals surface area (Å²) in [6, 6.07) is 11.6. The van der Waals surface area contributed by atoms with E-state index in [1.54, 1.807) is 12.1 Å². The van der Waals surface area contributed by atoms with Crippen molar-refractivity contribution in [2.75, 3.05) is 45.7 Å². The maximum atomic E-state index is 12.7. The van der Waals surface area contributed by atoms with Gasteiger partial charge < -0.3 is 13.9 Å². The minimum Gasteiger partial charge on any atom is -0.465 e. The van der Waals surface area contributed by atoms with Crippen LogP contribution < -0.4 is 4.72 Å². The van der Waals surface area contributed by atoms with E-state index in [0.717, 1.165) is 11.8 Å². The van der Waals surface area contributed by atoms with Crippen molar-refractivity contribution in [3.63, 3.8) is 0 Å². The van der Waals surface area contributed by atoms with E-state index in [4.69, 9.17) is 9.15 Å². The maximum absolute atomic E-state index is 12.7. The van der Waals surface area contributed by atoms with Gasteiger partial charge in [0.1, 0.15) is 0 Å². The number of morpholine rings is 1. The van der Waals surface area contributed by atoms with Gasteiger partial charge in [-0.25, -0.2) is 26.4 Å². The van der Waals surface area contributed by atoms with Crippen molar-refractivity contribution in [3.05, 3.63) is 54.1 Å². The van der Waals surface area contributed by atoms with Gasteiger partial charge in [-0.1, -0.05) is 11.8 Å². The van der Waals surface area contributed by atoms with Gasteiger partial charge >= 0.3 is 5.97 Å². The van der Waals surface area contributed by atoms with Gasteiger partial charge in [0.25, 0.3) is 5.22 Å². The number of rotatable bonds is 10. The van der Waals surface area contributed by atoms with Gasteiger partial charge in [-0.2, -0.15) is 4.31 Å². The predicted octanol–water partition coefficient (Wildman–Crippen LogP) is 1.61. The summed E-state index contributed by atoms with van der Waals surface area (Å²) in [5.74, 6) is -0.0250. The molecule has 0 spiro atoms.